The van der Waals surface area contributed by atoms with Gasteiger partial charge in [-0.25, -0.2) is 4.79 Å². The van der Waals surface area contributed by atoms with Crippen LogP contribution in [0.4, 0.5) is 0 Å². The quantitative estimate of drug-likeness (QED) is 0.193. The Labute approximate surface area is 277 Å². The molecule has 48 heavy (non-hydrogen) atoms. The highest BCUT2D eigenvalue weighted by Crippen LogP contribution is 2.32. The fourth-order valence-electron chi connectivity index (χ4n) is 5.03. The Kier molecular flexibility index (Phi) is 12.6. The van der Waals surface area contributed by atoms with Crippen LogP contribution in [0.5, 0.6) is 5.75 Å². The number of rotatable bonds is 13. The number of hydrogen-bond acceptors (Lipinski definition) is 13. The van der Waals surface area contributed by atoms with Crippen LogP contribution in [0.25, 0.3) is 0 Å². The number of hydrogen-bond donors (Lipinski definition) is 0. The van der Waals surface area contributed by atoms with E-state index >= 15 is 0 Å². The monoisotopic (exact) mass is 663 g/mol. The number of esters is 5. The molecule has 3 aromatic rings. The molecular formula is C35H37NO12. The van der Waals surface area contributed by atoms with Crippen LogP contribution < -0.4 is 4.74 Å². The minimum atomic E-state index is -1.39. The molecule has 254 valence electrons. The summed E-state index contributed by atoms with van der Waals surface area (Å²) in [6, 6.07) is 18.3. The van der Waals surface area contributed by atoms with E-state index in [2.05, 4.69) is 4.98 Å². The van der Waals surface area contributed by atoms with Gasteiger partial charge < -0.3 is 33.2 Å². The topological polar surface area (TPSA) is 163 Å². The van der Waals surface area contributed by atoms with Crippen LogP contribution in [-0.4, -0.2) is 78.8 Å². The van der Waals surface area contributed by atoms with E-state index in [1.165, 1.54) is 13.1 Å². The van der Waals surface area contributed by atoms with Gasteiger partial charge in [0.25, 0.3) is 0 Å². The second-order valence-electron chi connectivity index (χ2n) is 10.9. The Balaban J connectivity index is 1.51. The van der Waals surface area contributed by atoms with Gasteiger partial charge in [-0.15, -0.1) is 0 Å². The fraction of sp³-hybridized carbons (Fsp3) is 0.371. The summed E-state index contributed by atoms with van der Waals surface area (Å²) < 4.78 is 39.2. The summed E-state index contributed by atoms with van der Waals surface area (Å²) in [5.41, 5.74) is 3.09. The molecule has 2 aromatic carbocycles. The average Bonchev–Trinajstić information content (AvgIpc) is 3.04. The molecule has 1 fully saturated rings. The van der Waals surface area contributed by atoms with Crippen molar-refractivity contribution >= 4 is 29.8 Å². The van der Waals surface area contributed by atoms with E-state index in [-0.39, 0.29) is 24.9 Å². The molecule has 0 aliphatic carbocycles. The molecule has 0 N–H and O–H groups in total. The molecule has 0 amide bonds. The third kappa shape index (κ3) is 10.4. The van der Waals surface area contributed by atoms with Crippen LogP contribution in [-0.2, 0) is 60.4 Å². The number of carbonyl (C=O) groups is 5. The van der Waals surface area contributed by atoms with E-state index in [1.807, 2.05) is 30.3 Å². The van der Waals surface area contributed by atoms with Gasteiger partial charge >= 0.3 is 29.8 Å². The summed E-state index contributed by atoms with van der Waals surface area (Å²) >= 11 is 0. The molecule has 5 atom stereocenters. The first-order chi connectivity index (χ1) is 23.0. The van der Waals surface area contributed by atoms with Crippen LogP contribution in [0, 0.1) is 0 Å². The molecule has 13 nitrogen and oxygen atoms in total. The van der Waals surface area contributed by atoms with Gasteiger partial charge in [-0.1, -0.05) is 42.5 Å². The maximum absolute atomic E-state index is 12.2. The Hall–Kier alpha value is -5.30. The Morgan fingerprint density at radius 2 is 1.33 bits per heavy atom. The summed E-state index contributed by atoms with van der Waals surface area (Å²) in [7, 11) is 0. The standard InChI is InChI=1S/C35H37NO12/c1-21(37)43-20-30-31(44-22(2)38)32(45-23(3)39)33(46-24(4)40)35(48-30)47-29-19-36-16-14-28(29)18-26-12-10-25(11-13-26)15-17-42-34(41)27-8-6-5-7-9-27/h5-14,16,19,30-33,35H,15,17-18,20H2,1-4H3/t30-,31-,32+,33-,35-/m1/s1. The summed E-state index contributed by atoms with van der Waals surface area (Å²) in [6.07, 6.45) is -2.61. The van der Waals surface area contributed by atoms with Gasteiger partial charge in [0.05, 0.1) is 18.4 Å². The zero-order valence-electron chi connectivity index (χ0n) is 27.0. The van der Waals surface area contributed by atoms with E-state index < -0.39 is 54.6 Å². The van der Waals surface area contributed by atoms with Gasteiger partial charge in [0.1, 0.15) is 18.5 Å². The fourth-order valence-corrected chi connectivity index (χ4v) is 5.03. The minimum Gasteiger partial charge on any atom is -0.463 e. The van der Waals surface area contributed by atoms with Crippen LogP contribution in [0.15, 0.2) is 73.1 Å². The predicted molar refractivity (Wildman–Crippen MR) is 166 cm³/mol. The normalized spacial score (nSPS) is 20.1. The van der Waals surface area contributed by atoms with Crippen LogP contribution >= 0.6 is 0 Å². The Morgan fingerprint density at radius 3 is 1.98 bits per heavy atom. The molecule has 0 bridgehead atoms. The summed E-state index contributed by atoms with van der Waals surface area (Å²) in [5.74, 6) is -2.96. The molecule has 1 aliphatic rings. The lowest BCUT2D eigenvalue weighted by atomic mass is 9.98. The molecule has 0 radical (unpaired) electrons. The molecule has 0 spiro atoms. The molecule has 1 saturated heterocycles. The maximum atomic E-state index is 12.2. The highest BCUT2D eigenvalue weighted by molar-refractivity contribution is 5.89. The van der Waals surface area contributed by atoms with Gasteiger partial charge in [-0.3, -0.25) is 24.2 Å². The van der Waals surface area contributed by atoms with E-state index in [1.54, 1.807) is 36.5 Å². The third-order valence-corrected chi connectivity index (χ3v) is 7.11. The lowest BCUT2D eigenvalue weighted by molar-refractivity contribution is -0.288. The van der Waals surface area contributed by atoms with Crippen LogP contribution in [0.2, 0.25) is 0 Å². The Morgan fingerprint density at radius 1 is 0.708 bits per heavy atom. The van der Waals surface area contributed by atoms with Crippen molar-refractivity contribution in [3.63, 3.8) is 0 Å². The van der Waals surface area contributed by atoms with Gasteiger partial charge in [-0.05, 0) is 29.3 Å². The van der Waals surface area contributed by atoms with Crippen LogP contribution in [0.1, 0.15) is 54.7 Å². The lowest BCUT2D eigenvalue weighted by Crippen LogP contribution is -2.63. The number of nitrogens with zero attached hydrogens (tertiary/aromatic N) is 1. The minimum absolute atomic E-state index is 0.228. The zero-order chi connectivity index (χ0) is 34.6. The van der Waals surface area contributed by atoms with Crippen molar-refractivity contribution in [1.29, 1.82) is 0 Å². The first-order valence-corrected chi connectivity index (χ1v) is 15.2. The third-order valence-electron chi connectivity index (χ3n) is 7.11. The summed E-state index contributed by atoms with van der Waals surface area (Å²) in [5, 5.41) is 0. The average molecular weight is 664 g/mol. The van der Waals surface area contributed by atoms with Gasteiger partial charge in [0.15, 0.2) is 12.2 Å². The van der Waals surface area contributed by atoms with Gasteiger partial charge in [-0.2, -0.15) is 0 Å². The van der Waals surface area contributed by atoms with Gasteiger partial charge in [0.2, 0.25) is 12.4 Å². The van der Waals surface area contributed by atoms with Crippen molar-refractivity contribution in [2.24, 2.45) is 0 Å². The van der Waals surface area contributed by atoms with Crippen molar-refractivity contribution in [2.75, 3.05) is 13.2 Å². The number of pyridine rings is 1. The lowest BCUT2D eigenvalue weighted by Gasteiger charge is -2.44. The van der Waals surface area contributed by atoms with Crippen molar-refractivity contribution in [3.8, 4) is 5.75 Å². The number of benzene rings is 2. The maximum Gasteiger partial charge on any atom is 0.338 e. The van der Waals surface area contributed by atoms with E-state index in [9.17, 15) is 24.0 Å². The van der Waals surface area contributed by atoms with Crippen molar-refractivity contribution in [2.45, 2.75) is 71.2 Å². The van der Waals surface area contributed by atoms with E-state index in [4.69, 9.17) is 33.2 Å². The zero-order valence-corrected chi connectivity index (χ0v) is 27.0. The molecule has 4 rings (SSSR count). The van der Waals surface area contributed by atoms with Crippen LogP contribution in [0.3, 0.4) is 0 Å². The molecule has 0 unspecified atom stereocenters. The van der Waals surface area contributed by atoms with Crippen molar-refractivity contribution in [3.05, 3.63) is 95.3 Å². The van der Waals surface area contributed by atoms with Gasteiger partial charge in [0, 0.05) is 52.3 Å². The van der Waals surface area contributed by atoms with Crippen molar-refractivity contribution in [1.82, 2.24) is 4.98 Å². The molecule has 1 aromatic heterocycles. The van der Waals surface area contributed by atoms with Crippen molar-refractivity contribution < 1.29 is 57.1 Å². The van der Waals surface area contributed by atoms with E-state index in [0.717, 1.165) is 31.9 Å². The Bertz CT molecular complexity index is 1580. The molecule has 1 aliphatic heterocycles. The SMILES string of the molecule is CC(=O)OC[C@H]1O[C@@H](Oc2cnccc2Cc2ccc(CCOC(=O)c3ccccc3)cc2)[C@H](OC(C)=O)[C@@H](OC(C)=O)[C@@H]1OC(C)=O. The molecular weight excluding hydrogens is 626 g/mol. The molecule has 13 heteroatoms. The second-order valence-corrected chi connectivity index (χ2v) is 10.9. The largest absolute Gasteiger partial charge is 0.463 e. The second kappa shape index (κ2) is 17.0. The summed E-state index contributed by atoms with van der Waals surface area (Å²) in [4.78, 5) is 64.3. The predicted octanol–water partition coefficient (Wildman–Crippen LogP) is 3.53. The number of ether oxygens (including phenoxy) is 7. The first kappa shape index (κ1) is 35.6. The van der Waals surface area contributed by atoms with E-state index in [0.29, 0.717) is 24.0 Å². The number of aromatic nitrogens is 1. The highest BCUT2D eigenvalue weighted by Gasteiger charge is 2.53. The molecule has 0 saturated carbocycles. The highest BCUT2D eigenvalue weighted by atomic mass is 16.7. The smallest absolute Gasteiger partial charge is 0.338 e. The molecule has 2 heterocycles. The first-order valence-electron chi connectivity index (χ1n) is 15.2. The number of carbonyl (C=O) groups excluding carboxylic acids is 5. The summed E-state index contributed by atoms with van der Waals surface area (Å²) in [6.45, 7) is 4.48.